The molecule has 0 bridgehead atoms. The highest BCUT2D eigenvalue weighted by atomic mass is 79.9. The van der Waals surface area contributed by atoms with Gasteiger partial charge < -0.3 is 9.47 Å². The van der Waals surface area contributed by atoms with Gasteiger partial charge in [0.15, 0.2) is 5.76 Å². The third-order valence-electron chi connectivity index (χ3n) is 5.20. The van der Waals surface area contributed by atoms with Gasteiger partial charge in [-0.2, -0.15) is 0 Å². The molecule has 5 rings (SSSR count). The maximum Gasteiger partial charge on any atom is 0.231 e. The van der Waals surface area contributed by atoms with Crippen LogP contribution in [0.5, 0.6) is 11.5 Å². The number of ketones is 1. The van der Waals surface area contributed by atoms with Gasteiger partial charge in [0, 0.05) is 28.2 Å². The van der Waals surface area contributed by atoms with E-state index in [0.29, 0.717) is 29.8 Å². The predicted octanol–water partition coefficient (Wildman–Crippen LogP) is 4.69. The number of rotatable bonds is 2. The second-order valence-electron chi connectivity index (χ2n) is 7.11. The van der Waals surface area contributed by atoms with Crippen LogP contribution in [0.15, 0.2) is 40.6 Å². The van der Waals surface area contributed by atoms with Crippen molar-refractivity contribution in [3.63, 3.8) is 0 Å². The molecule has 0 N–H and O–H groups in total. The maximum absolute atomic E-state index is 12.9. The molecule has 132 valence electrons. The zero-order valence-electron chi connectivity index (χ0n) is 14.4. The Morgan fingerprint density at radius 3 is 2.69 bits per heavy atom. The zero-order chi connectivity index (χ0) is 17.8. The lowest BCUT2D eigenvalue weighted by molar-refractivity contribution is 0.0872. The fraction of sp³-hybridized carbons (Fsp3) is 0.286. The Labute approximate surface area is 160 Å². The van der Waals surface area contributed by atoms with Gasteiger partial charge in [-0.1, -0.05) is 28.1 Å². The van der Waals surface area contributed by atoms with Crippen LogP contribution >= 0.6 is 15.9 Å². The van der Waals surface area contributed by atoms with Crippen molar-refractivity contribution in [1.29, 1.82) is 0 Å². The van der Waals surface area contributed by atoms with Crippen molar-refractivity contribution in [3.05, 3.63) is 62.8 Å². The quantitative estimate of drug-likeness (QED) is 0.671. The average molecular weight is 412 g/mol. The number of allylic oxidation sites excluding steroid dienone is 1. The van der Waals surface area contributed by atoms with Gasteiger partial charge in [-0.05, 0) is 49.6 Å². The van der Waals surface area contributed by atoms with Crippen molar-refractivity contribution in [2.24, 2.45) is 0 Å². The molecule has 1 aliphatic carbocycles. The van der Waals surface area contributed by atoms with Crippen LogP contribution in [0.4, 0.5) is 0 Å². The Hall–Kier alpha value is -2.11. The molecule has 2 aliphatic heterocycles. The summed E-state index contributed by atoms with van der Waals surface area (Å²) in [6.07, 6.45) is 4.28. The molecule has 1 saturated carbocycles. The Morgan fingerprint density at radius 1 is 1.19 bits per heavy atom. The van der Waals surface area contributed by atoms with Crippen LogP contribution in [-0.4, -0.2) is 23.5 Å². The number of benzene rings is 2. The largest absolute Gasteiger partial charge is 0.477 e. The molecule has 5 heteroatoms. The van der Waals surface area contributed by atoms with Gasteiger partial charge in [-0.25, -0.2) is 0 Å². The molecule has 2 aromatic rings. The highest BCUT2D eigenvalue weighted by Crippen LogP contribution is 2.44. The van der Waals surface area contributed by atoms with Crippen molar-refractivity contribution in [2.45, 2.75) is 32.4 Å². The van der Waals surface area contributed by atoms with E-state index in [1.165, 1.54) is 12.8 Å². The predicted molar refractivity (Wildman–Crippen MR) is 102 cm³/mol. The molecule has 4 nitrogen and oxygen atoms in total. The van der Waals surface area contributed by atoms with Crippen LogP contribution < -0.4 is 9.47 Å². The average Bonchev–Trinajstić information content (AvgIpc) is 3.44. The second kappa shape index (κ2) is 5.96. The first-order chi connectivity index (χ1) is 12.6. The summed E-state index contributed by atoms with van der Waals surface area (Å²) in [4.78, 5) is 15.2. The first kappa shape index (κ1) is 16.1. The van der Waals surface area contributed by atoms with Crippen LogP contribution in [0, 0.1) is 6.92 Å². The van der Waals surface area contributed by atoms with Crippen molar-refractivity contribution in [1.82, 2.24) is 4.90 Å². The van der Waals surface area contributed by atoms with Crippen LogP contribution in [0.3, 0.4) is 0 Å². The molecule has 0 amide bonds. The number of fused-ring (bicyclic) bond motifs is 2. The molecule has 2 heterocycles. The molecule has 0 unspecified atom stereocenters. The third-order valence-corrected chi connectivity index (χ3v) is 5.72. The van der Waals surface area contributed by atoms with E-state index in [1.807, 2.05) is 37.3 Å². The highest BCUT2D eigenvalue weighted by Gasteiger charge is 2.36. The minimum Gasteiger partial charge on any atom is -0.477 e. The third kappa shape index (κ3) is 2.66. The van der Waals surface area contributed by atoms with Crippen molar-refractivity contribution in [3.8, 4) is 11.5 Å². The van der Waals surface area contributed by atoms with Crippen LogP contribution in [0.2, 0.25) is 0 Å². The van der Waals surface area contributed by atoms with Crippen LogP contribution in [0.1, 0.15) is 39.9 Å². The summed E-state index contributed by atoms with van der Waals surface area (Å²) in [5.74, 6) is 1.82. The van der Waals surface area contributed by atoms with E-state index in [2.05, 4.69) is 20.8 Å². The van der Waals surface area contributed by atoms with Gasteiger partial charge in [0.05, 0.1) is 5.56 Å². The van der Waals surface area contributed by atoms with E-state index in [0.717, 1.165) is 33.5 Å². The molecular formula is C21H18BrNO3. The van der Waals surface area contributed by atoms with Crippen LogP contribution in [0.25, 0.3) is 6.08 Å². The SMILES string of the molecule is Cc1c2c(cc3c1O/C(=C\c1ccc(Br)cc1)C3=O)CN(C1CC1)CO2. The molecular weight excluding hydrogens is 394 g/mol. The number of hydrogen-bond donors (Lipinski definition) is 0. The van der Waals surface area contributed by atoms with Gasteiger partial charge >= 0.3 is 0 Å². The maximum atomic E-state index is 12.9. The number of halogens is 1. The van der Waals surface area contributed by atoms with Crippen LogP contribution in [-0.2, 0) is 6.54 Å². The summed E-state index contributed by atoms with van der Waals surface area (Å²) in [5.41, 5.74) is 3.58. The lowest BCUT2D eigenvalue weighted by Gasteiger charge is -2.30. The standard InChI is InChI=1S/C21H18BrNO3/c1-12-20-14(10-23(11-25-20)16-6-7-16)9-17-19(24)18(26-21(12)17)8-13-2-4-15(22)5-3-13/h2-5,8-9,16H,6-7,10-11H2,1H3/b18-8-. The lowest BCUT2D eigenvalue weighted by atomic mass is 10.00. The normalized spacial score (nSPS) is 20.5. The number of Topliss-reactive ketones (excluding diaryl/α,β-unsaturated/α-hetero) is 1. The van der Waals surface area contributed by atoms with E-state index in [9.17, 15) is 4.79 Å². The van der Waals surface area contributed by atoms with E-state index in [-0.39, 0.29) is 5.78 Å². The molecule has 2 aromatic carbocycles. The number of carbonyl (C=O) groups is 1. The molecule has 3 aliphatic rings. The van der Waals surface area contributed by atoms with E-state index in [1.54, 1.807) is 6.08 Å². The fourth-order valence-corrected chi connectivity index (χ4v) is 3.91. The van der Waals surface area contributed by atoms with Gasteiger partial charge in [0.2, 0.25) is 5.78 Å². The van der Waals surface area contributed by atoms with Gasteiger partial charge in [0.1, 0.15) is 18.2 Å². The van der Waals surface area contributed by atoms with Crippen molar-refractivity contribution in [2.75, 3.05) is 6.73 Å². The monoisotopic (exact) mass is 411 g/mol. The lowest BCUT2D eigenvalue weighted by Crippen LogP contribution is -2.34. The van der Waals surface area contributed by atoms with Crippen molar-refractivity contribution < 1.29 is 14.3 Å². The summed E-state index contributed by atoms with van der Waals surface area (Å²) in [5, 5.41) is 0. The second-order valence-corrected chi connectivity index (χ2v) is 8.02. The molecule has 0 spiro atoms. The zero-order valence-corrected chi connectivity index (χ0v) is 16.0. The summed E-state index contributed by atoms with van der Waals surface area (Å²) >= 11 is 3.42. The van der Waals surface area contributed by atoms with E-state index in [4.69, 9.17) is 9.47 Å². The number of carbonyl (C=O) groups excluding carboxylic acids is 1. The molecule has 0 saturated heterocycles. The van der Waals surface area contributed by atoms with E-state index < -0.39 is 0 Å². The molecule has 0 atom stereocenters. The Kier molecular flexibility index (Phi) is 3.69. The first-order valence-electron chi connectivity index (χ1n) is 8.83. The van der Waals surface area contributed by atoms with E-state index >= 15 is 0 Å². The minimum absolute atomic E-state index is 0.0580. The molecule has 0 aromatic heterocycles. The smallest absolute Gasteiger partial charge is 0.231 e. The molecule has 1 fully saturated rings. The Balaban J connectivity index is 1.50. The number of hydrogen-bond acceptors (Lipinski definition) is 4. The van der Waals surface area contributed by atoms with Gasteiger partial charge in [-0.3, -0.25) is 9.69 Å². The fourth-order valence-electron chi connectivity index (χ4n) is 3.65. The summed E-state index contributed by atoms with van der Waals surface area (Å²) in [6, 6.07) is 10.4. The number of nitrogens with zero attached hydrogens (tertiary/aromatic N) is 1. The van der Waals surface area contributed by atoms with Gasteiger partial charge in [0.25, 0.3) is 0 Å². The summed E-state index contributed by atoms with van der Waals surface area (Å²) in [7, 11) is 0. The van der Waals surface area contributed by atoms with Gasteiger partial charge in [-0.15, -0.1) is 0 Å². The Bertz CT molecular complexity index is 945. The molecule has 0 radical (unpaired) electrons. The first-order valence-corrected chi connectivity index (χ1v) is 9.62. The highest BCUT2D eigenvalue weighted by molar-refractivity contribution is 9.10. The van der Waals surface area contributed by atoms with Crippen molar-refractivity contribution >= 4 is 27.8 Å². The summed E-state index contributed by atoms with van der Waals surface area (Å²) < 4.78 is 13.0. The topological polar surface area (TPSA) is 38.8 Å². The molecule has 26 heavy (non-hydrogen) atoms. The minimum atomic E-state index is -0.0580. The Morgan fingerprint density at radius 2 is 1.96 bits per heavy atom. The number of ether oxygens (including phenoxy) is 2. The summed E-state index contributed by atoms with van der Waals surface area (Å²) in [6.45, 7) is 3.43.